The van der Waals surface area contributed by atoms with Gasteiger partial charge in [-0.3, -0.25) is 14.5 Å². The molecule has 1 saturated carbocycles. The van der Waals surface area contributed by atoms with E-state index in [9.17, 15) is 9.59 Å². The molecule has 108 valence electrons. The quantitative estimate of drug-likeness (QED) is 0.722. The molecule has 0 aromatic carbocycles. The molecule has 2 rings (SSSR count). The predicted octanol–water partition coefficient (Wildman–Crippen LogP) is 0.219. The van der Waals surface area contributed by atoms with Crippen molar-refractivity contribution >= 4 is 11.9 Å². The number of carbonyl (C=O) groups is 2. The zero-order valence-corrected chi connectivity index (χ0v) is 11.3. The Kier molecular flexibility index (Phi) is 4.76. The van der Waals surface area contributed by atoms with E-state index < -0.39 is 5.97 Å². The molecule has 1 heterocycles. The second-order valence-corrected chi connectivity index (χ2v) is 5.29. The molecular weight excluding hydrogens is 248 g/mol. The largest absolute Gasteiger partial charge is 0.480 e. The van der Waals surface area contributed by atoms with Crippen molar-refractivity contribution in [1.29, 1.82) is 0 Å². The normalized spacial score (nSPS) is 30.1. The molecule has 1 atom stereocenters. The SMILES string of the molecule is CCN(CC(=O)O)C1CC(NC(=O)C2CCCO2)C1. The van der Waals surface area contributed by atoms with Gasteiger partial charge in [-0.15, -0.1) is 0 Å². The minimum absolute atomic E-state index is 0.0118. The zero-order valence-electron chi connectivity index (χ0n) is 11.3. The van der Waals surface area contributed by atoms with Crippen LogP contribution in [-0.2, 0) is 14.3 Å². The van der Waals surface area contributed by atoms with Crippen LogP contribution in [0.5, 0.6) is 0 Å². The molecule has 1 aliphatic carbocycles. The van der Waals surface area contributed by atoms with Crippen molar-refractivity contribution in [2.24, 2.45) is 0 Å². The minimum Gasteiger partial charge on any atom is -0.480 e. The molecule has 1 aliphatic heterocycles. The van der Waals surface area contributed by atoms with Crippen molar-refractivity contribution in [2.45, 2.75) is 50.8 Å². The van der Waals surface area contributed by atoms with Gasteiger partial charge in [-0.1, -0.05) is 6.92 Å². The Morgan fingerprint density at radius 3 is 2.68 bits per heavy atom. The first kappa shape index (κ1) is 14.3. The molecule has 2 fully saturated rings. The summed E-state index contributed by atoms with van der Waals surface area (Å²) in [5, 5.41) is 11.8. The Labute approximate surface area is 113 Å². The molecule has 0 spiro atoms. The van der Waals surface area contributed by atoms with Crippen LogP contribution in [0.15, 0.2) is 0 Å². The molecule has 0 bridgehead atoms. The highest BCUT2D eigenvalue weighted by atomic mass is 16.5. The third-order valence-electron chi connectivity index (χ3n) is 3.94. The van der Waals surface area contributed by atoms with Crippen molar-refractivity contribution in [2.75, 3.05) is 19.7 Å². The number of carboxylic acid groups (broad SMARTS) is 1. The predicted molar refractivity (Wildman–Crippen MR) is 68.8 cm³/mol. The summed E-state index contributed by atoms with van der Waals surface area (Å²) in [5.74, 6) is -0.809. The highest BCUT2D eigenvalue weighted by Crippen LogP contribution is 2.26. The van der Waals surface area contributed by atoms with Gasteiger partial charge >= 0.3 is 5.97 Å². The summed E-state index contributed by atoms with van der Waals surface area (Å²) in [4.78, 5) is 24.5. The third kappa shape index (κ3) is 3.67. The summed E-state index contributed by atoms with van der Waals surface area (Å²) in [6, 6.07) is 0.445. The van der Waals surface area contributed by atoms with Crippen LogP contribution < -0.4 is 5.32 Å². The lowest BCUT2D eigenvalue weighted by molar-refractivity contribution is -0.140. The van der Waals surface area contributed by atoms with Gasteiger partial charge in [0, 0.05) is 18.7 Å². The highest BCUT2D eigenvalue weighted by Gasteiger charge is 2.36. The Bertz CT molecular complexity index is 336. The standard InChI is InChI=1S/C13H22N2O4/c1-2-15(8-12(16)17)10-6-9(7-10)14-13(18)11-4-3-5-19-11/h9-11H,2-8H2,1H3,(H,14,18)(H,16,17). The molecule has 1 saturated heterocycles. The van der Waals surface area contributed by atoms with E-state index in [1.807, 2.05) is 11.8 Å². The van der Waals surface area contributed by atoms with Crippen LogP contribution in [0.1, 0.15) is 32.6 Å². The topological polar surface area (TPSA) is 78.9 Å². The van der Waals surface area contributed by atoms with Gasteiger partial charge in [0.15, 0.2) is 0 Å². The van der Waals surface area contributed by atoms with E-state index in [2.05, 4.69) is 5.32 Å². The number of carboxylic acids is 1. The number of likely N-dealkylation sites (N-methyl/N-ethyl adjacent to an activating group) is 1. The Balaban J connectivity index is 1.70. The van der Waals surface area contributed by atoms with Gasteiger partial charge in [0.2, 0.25) is 5.91 Å². The maximum absolute atomic E-state index is 11.8. The number of amides is 1. The number of rotatable bonds is 6. The van der Waals surface area contributed by atoms with Crippen LogP contribution in [-0.4, -0.2) is 59.8 Å². The Morgan fingerprint density at radius 2 is 2.16 bits per heavy atom. The van der Waals surface area contributed by atoms with E-state index in [1.54, 1.807) is 0 Å². The van der Waals surface area contributed by atoms with Gasteiger partial charge in [-0.05, 0) is 32.2 Å². The average Bonchev–Trinajstić information content (AvgIpc) is 2.83. The van der Waals surface area contributed by atoms with E-state index in [1.165, 1.54) is 0 Å². The molecule has 2 aliphatic rings. The fourth-order valence-corrected chi connectivity index (χ4v) is 2.76. The lowest BCUT2D eigenvalue weighted by Crippen LogP contribution is -2.56. The molecule has 6 heteroatoms. The summed E-state index contributed by atoms with van der Waals surface area (Å²) in [5.41, 5.74) is 0. The van der Waals surface area contributed by atoms with Crippen molar-refractivity contribution in [1.82, 2.24) is 10.2 Å². The Morgan fingerprint density at radius 1 is 1.42 bits per heavy atom. The van der Waals surface area contributed by atoms with Crippen molar-refractivity contribution in [3.8, 4) is 0 Å². The molecular formula is C13H22N2O4. The van der Waals surface area contributed by atoms with Gasteiger partial charge < -0.3 is 15.2 Å². The fraction of sp³-hybridized carbons (Fsp3) is 0.846. The third-order valence-corrected chi connectivity index (χ3v) is 3.94. The van der Waals surface area contributed by atoms with Gasteiger partial charge in [-0.2, -0.15) is 0 Å². The van der Waals surface area contributed by atoms with Crippen LogP contribution >= 0.6 is 0 Å². The highest BCUT2D eigenvalue weighted by molar-refractivity contribution is 5.81. The molecule has 0 radical (unpaired) electrons. The van der Waals surface area contributed by atoms with Crippen LogP contribution in [0.25, 0.3) is 0 Å². The van der Waals surface area contributed by atoms with E-state index in [0.29, 0.717) is 6.61 Å². The van der Waals surface area contributed by atoms with Crippen molar-refractivity contribution in [3.63, 3.8) is 0 Å². The lowest BCUT2D eigenvalue weighted by Gasteiger charge is -2.42. The van der Waals surface area contributed by atoms with Gasteiger partial charge in [0.25, 0.3) is 0 Å². The van der Waals surface area contributed by atoms with Gasteiger partial charge in [0.05, 0.1) is 6.54 Å². The molecule has 0 aromatic rings. The lowest BCUT2D eigenvalue weighted by atomic mass is 9.85. The number of ether oxygens (including phenoxy) is 1. The maximum Gasteiger partial charge on any atom is 0.317 e. The van der Waals surface area contributed by atoms with Crippen molar-refractivity contribution < 1.29 is 19.4 Å². The first-order chi connectivity index (χ1) is 9.10. The average molecular weight is 270 g/mol. The van der Waals surface area contributed by atoms with E-state index in [0.717, 1.165) is 32.2 Å². The molecule has 19 heavy (non-hydrogen) atoms. The summed E-state index contributed by atoms with van der Waals surface area (Å²) in [7, 11) is 0. The van der Waals surface area contributed by atoms with Crippen LogP contribution in [0, 0.1) is 0 Å². The molecule has 1 amide bonds. The van der Waals surface area contributed by atoms with Crippen LogP contribution in [0.4, 0.5) is 0 Å². The monoisotopic (exact) mass is 270 g/mol. The minimum atomic E-state index is -0.798. The summed E-state index contributed by atoms with van der Waals surface area (Å²) >= 11 is 0. The maximum atomic E-state index is 11.8. The summed E-state index contributed by atoms with van der Waals surface area (Å²) < 4.78 is 5.33. The molecule has 2 N–H and O–H groups in total. The zero-order chi connectivity index (χ0) is 13.8. The van der Waals surface area contributed by atoms with Gasteiger partial charge in [0.1, 0.15) is 6.10 Å². The number of carbonyl (C=O) groups excluding carboxylic acids is 1. The second kappa shape index (κ2) is 6.34. The second-order valence-electron chi connectivity index (χ2n) is 5.29. The first-order valence-electron chi connectivity index (χ1n) is 6.98. The summed E-state index contributed by atoms with van der Waals surface area (Å²) in [6.45, 7) is 3.44. The Hall–Kier alpha value is -1.14. The smallest absolute Gasteiger partial charge is 0.317 e. The van der Waals surface area contributed by atoms with Crippen molar-refractivity contribution in [3.05, 3.63) is 0 Å². The number of nitrogens with one attached hydrogen (secondary N) is 1. The number of aliphatic carboxylic acids is 1. The number of hydrogen-bond acceptors (Lipinski definition) is 4. The van der Waals surface area contributed by atoms with E-state index in [-0.39, 0.29) is 30.6 Å². The molecule has 6 nitrogen and oxygen atoms in total. The van der Waals surface area contributed by atoms with Crippen LogP contribution in [0.3, 0.4) is 0 Å². The first-order valence-corrected chi connectivity index (χ1v) is 6.98. The van der Waals surface area contributed by atoms with Crippen LogP contribution in [0.2, 0.25) is 0 Å². The summed E-state index contributed by atoms with van der Waals surface area (Å²) in [6.07, 6.45) is 3.15. The van der Waals surface area contributed by atoms with E-state index in [4.69, 9.17) is 9.84 Å². The van der Waals surface area contributed by atoms with Gasteiger partial charge in [-0.25, -0.2) is 0 Å². The fourth-order valence-electron chi connectivity index (χ4n) is 2.76. The number of hydrogen-bond donors (Lipinski definition) is 2. The molecule has 1 unspecified atom stereocenters. The van der Waals surface area contributed by atoms with E-state index >= 15 is 0 Å². The molecule has 0 aromatic heterocycles. The number of nitrogens with zero attached hydrogens (tertiary/aromatic N) is 1.